The summed E-state index contributed by atoms with van der Waals surface area (Å²) in [6.07, 6.45) is 0.860. The SMILES string of the molecule is CC(C)Cc1nc(=S)cc(NC(C)(C)CO)[nH]1. The van der Waals surface area contributed by atoms with Crippen LogP contribution in [0.25, 0.3) is 0 Å². The van der Waals surface area contributed by atoms with E-state index >= 15 is 0 Å². The quantitative estimate of drug-likeness (QED) is 0.708. The van der Waals surface area contributed by atoms with Gasteiger partial charge in [-0.05, 0) is 19.8 Å². The van der Waals surface area contributed by atoms with Gasteiger partial charge in [-0.2, -0.15) is 0 Å². The number of aromatic amines is 1. The van der Waals surface area contributed by atoms with Gasteiger partial charge >= 0.3 is 0 Å². The number of H-pyrrole nitrogens is 1. The van der Waals surface area contributed by atoms with Crippen LogP contribution in [0.15, 0.2) is 6.07 Å². The first-order valence-corrected chi connectivity index (χ1v) is 6.22. The maximum absolute atomic E-state index is 9.22. The second-order valence-corrected chi connectivity index (χ2v) is 5.76. The van der Waals surface area contributed by atoms with Gasteiger partial charge in [0.05, 0.1) is 12.1 Å². The lowest BCUT2D eigenvalue weighted by Gasteiger charge is -2.24. The van der Waals surface area contributed by atoms with E-state index in [1.165, 1.54) is 0 Å². The minimum absolute atomic E-state index is 0.0510. The maximum Gasteiger partial charge on any atom is 0.131 e. The molecule has 0 saturated carbocycles. The van der Waals surface area contributed by atoms with Gasteiger partial charge in [0, 0.05) is 12.5 Å². The highest BCUT2D eigenvalue weighted by atomic mass is 32.1. The van der Waals surface area contributed by atoms with Crippen LogP contribution in [0.1, 0.15) is 33.5 Å². The highest BCUT2D eigenvalue weighted by Gasteiger charge is 2.16. The van der Waals surface area contributed by atoms with Crippen LogP contribution in [0.5, 0.6) is 0 Å². The van der Waals surface area contributed by atoms with Crippen LogP contribution < -0.4 is 5.32 Å². The first kappa shape index (κ1) is 14.1. The zero-order valence-corrected chi connectivity index (χ0v) is 11.7. The summed E-state index contributed by atoms with van der Waals surface area (Å²) >= 11 is 5.13. The number of aliphatic hydroxyl groups excluding tert-OH is 1. The molecule has 0 aromatic carbocycles. The van der Waals surface area contributed by atoms with E-state index in [1.807, 2.05) is 13.8 Å². The molecule has 0 saturated heterocycles. The predicted molar refractivity (Wildman–Crippen MR) is 72.8 cm³/mol. The summed E-state index contributed by atoms with van der Waals surface area (Å²) in [5, 5.41) is 12.4. The minimum atomic E-state index is -0.380. The molecule has 0 spiro atoms. The average Bonchev–Trinajstić information content (AvgIpc) is 2.14. The zero-order valence-electron chi connectivity index (χ0n) is 10.9. The molecule has 1 heterocycles. The number of aliphatic hydroxyl groups is 1. The molecule has 0 atom stereocenters. The molecule has 0 aliphatic heterocycles. The Morgan fingerprint density at radius 3 is 2.71 bits per heavy atom. The van der Waals surface area contributed by atoms with Crippen LogP contribution in [0.3, 0.4) is 0 Å². The Morgan fingerprint density at radius 2 is 2.18 bits per heavy atom. The molecular weight excluding hydrogens is 234 g/mol. The fourth-order valence-electron chi connectivity index (χ4n) is 1.46. The van der Waals surface area contributed by atoms with Gasteiger partial charge in [-0.25, -0.2) is 4.98 Å². The molecule has 5 heteroatoms. The average molecular weight is 255 g/mol. The molecule has 0 fully saturated rings. The molecule has 0 aliphatic rings. The van der Waals surface area contributed by atoms with Crippen molar-refractivity contribution >= 4 is 18.0 Å². The van der Waals surface area contributed by atoms with E-state index in [4.69, 9.17) is 12.2 Å². The largest absolute Gasteiger partial charge is 0.394 e. The number of hydrogen-bond acceptors (Lipinski definition) is 4. The Hall–Kier alpha value is -0.940. The Kier molecular flexibility index (Phi) is 4.65. The smallest absolute Gasteiger partial charge is 0.131 e. The first-order valence-electron chi connectivity index (χ1n) is 5.81. The van der Waals surface area contributed by atoms with Gasteiger partial charge in [0.2, 0.25) is 0 Å². The summed E-state index contributed by atoms with van der Waals surface area (Å²) < 4.78 is 0.565. The summed E-state index contributed by atoms with van der Waals surface area (Å²) in [4.78, 5) is 7.49. The van der Waals surface area contributed by atoms with Crippen molar-refractivity contribution in [1.82, 2.24) is 9.97 Å². The second-order valence-electron chi connectivity index (χ2n) is 5.34. The third-order valence-corrected chi connectivity index (χ3v) is 2.47. The van der Waals surface area contributed by atoms with Gasteiger partial charge < -0.3 is 15.4 Å². The van der Waals surface area contributed by atoms with E-state index < -0.39 is 0 Å². The molecule has 0 radical (unpaired) electrons. The van der Waals surface area contributed by atoms with Crippen molar-refractivity contribution in [2.24, 2.45) is 5.92 Å². The van der Waals surface area contributed by atoms with Gasteiger partial charge in [-0.3, -0.25) is 0 Å². The topological polar surface area (TPSA) is 60.9 Å². The number of nitrogens with one attached hydrogen (secondary N) is 2. The molecule has 3 N–H and O–H groups in total. The molecule has 1 rings (SSSR count). The molecular formula is C12H21N3OS. The van der Waals surface area contributed by atoms with Gasteiger partial charge in [0.15, 0.2) is 0 Å². The molecule has 1 aromatic rings. The van der Waals surface area contributed by atoms with Crippen molar-refractivity contribution in [1.29, 1.82) is 0 Å². The van der Waals surface area contributed by atoms with Gasteiger partial charge in [0.1, 0.15) is 16.3 Å². The maximum atomic E-state index is 9.22. The fourth-order valence-corrected chi connectivity index (χ4v) is 1.69. The summed E-state index contributed by atoms with van der Waals surface area (Å²) in [7, 11) is 0. The molecule has 0 aliphatic carbocycles. The van der Waals surface area contributed by atoms with Crippen molar-refractivity contribution in [3.05, 3.63) is 16.5 Å². The van der Waals surface area contributed by atoms with Gasteiger partial charge in [-0.15, -0.1) is 0 Å². The number of nitrogens with zero attached hydrogens (tertiary/aromatic N) is 1. The molecule has 96 valence electrons. The normalized spacial score (nSPS) is 11.9. The Labute approximate surface area is 107 Å². The van der Waals surface area contributed by atoms with Crippen molar-refractivity contribution in [3.63, 3.8) is 0 Å². The van der Waals surface area contributed by atoms with Crippen molar-refractivity contribution in [2.75, 3.05) is 11.9 Å². The highest BCUT2D eigenvalue weighted by Crippen LogP contribution is 2.13. The lowest BCUT2D eigenvalue weighted by Crippen LogP contribution is -2.35. The van der Waals surface area contributed by atoms with Crippen molar-refractivity contribution in [3.8, 4) is 0 Å². The van der Waals surface area contributed by atoms with Crippen molar-refractivity contribution < 1.29 is 5.11 Å². The molecule has 1 aromatic heterocycles. The van der Waals surface area contributed by atoms with E-state index in [1.54, 1.807) is 6.07 Å². The number of rotatable bonds is 5. The summed E-state index contributed by atoms with van der Waals surface area (Å²) in [6.45, 7) is 8.17. The monoisotopic (exact) mass is 255 g/mol. The van der Waals surface area contributed by atoms with Crippen LogP contribution in [0.2, 0.25) is 0 Å². The standard InChI is InChI=1S/C12H21N3OS/c1-8(2)5-9-13-10(6-11(17)14-9)15-12(3,4)7-16/h6,8,16H,5,7H2,1-4H3,(H2,13,14,15,17). The van der Waals surface area contributed by atoms with E-state index in [9.17, 15) is 5.11 Å². The number of aromatic nitrogens is 2. The summed E-state index contributed by atoms with van der Waals surface area (Å²) in [5.41, 5.74) is -0.380. The van der Waals surface area contributed by atoms with Crippen LogP contribution >= 0.6 is 12.2 Å². The summed E-state index contributed by atoms with van der Waals surface area (Å²) in [5.74, 6) is 2.21. The highest BCUT2D eigenvalue weighted by molar-refractivity contribution is 7.71. The third-order valence-electron chi connectivity index (χ3n) is 2.26. The third kappa shape index (κ3) is 4.83. The molecule has 4 nitrogen and oxygen atoms in total. The minimum Gasteiger partial charge on any atom is -0.394 e. The lowest BCUT2D eigenvalue weighted by atomic mass is 10.1. The second kappa shape index (κ2) is 5.60. The fraction of sp³-hybridized carbons (Fsp3) is 0.667. The van der Waals surface area contributed by atoms with Crippen molar-refractivity contribution in [2.45, 2.75) is 39.7 Å². The zero-order chi connectivity index (χ0) is 13.1. The van der Waals surface area contributed by atoms with E-state index in [2.05, 4.69) is 29.1 Å². The Morgan fingerprint density at radius 1 is 1.53 bits per heavy atom. The van der Waals surface area contributed by atoms with Gasteiger partial charge in [-0.1, -0.05) is 26.1 Å². The van der Waals surface area contributed by atoms with Gasteiger partial charge in [0.25, 0.3) is 0 Å². The van der Waals surface area contributed by atoms with Crippen LogP contribution in [0, 0.1) is 10.6 Å². The number of hydrogen-bond donors (Lipinski definition) is 3. The van der Waals surface area contributed by atoms with E-state index in [0.29, 0.717) is 10.6 Å². The first-order chi connectivity index (χ1) is 7.82. The molecule has 0 bridgehead atoms. The molecule has 17 heavy (non-hydrogen) atoms. The molecule has 0 unspecified atom stereocenters. The molecule has 0 amide bonds. The lowest BCUT2D eigenvalue weighted by molar-refractivity contribution is 0.234. The van der Waals surface area contributed by atoms with E-state index in [-0.39, 0.29) is 12.1 Å². The Bertz CT molecular complexity index is 426. The predicted octanol–water partition coefficient (Wildman–Crippen LogP) is 2.52. The van der Waals surface area contributed by atoms with Crippen LogP contribution in [-0.4, -0.2) is 27.2 Å². The number of anilines is 1. The van der Waals surface area contributed by atoms with E-state index in [0.717, 1.165) is 18.1 Å². The van der Waals surface area contributed by atoms with Crippen LogP contribution in [0.4, 0.5) is 5.82 Å². The Balaban J connectivity index is 2.93. The summed E-state index contributed by atoms with van der Waals surface area (Å²) in [6, 6.07) is 1.77. The van der Waals surface area contributed by atoms with Crippen LogP contribution in [-0.2, 0) is 6.42 Å².